The topological polar surface area (TPSA) is 120 Å². The quantitative estimate of drug-likeness (QED) is 0.578. The third-order valence-electron chi connectivity index (χ3n) is 5.15. The number of amides is 1. The predicted octanol–water partition coefficient (Wildman–Crippen LogP) is 2.51. The van der Waals surface area contributed by atoms with E-state index in [4.69, 9.17) is 9.26 Å². The molecule has 4 rings (SSSR count). The first kappa shape index (κ1) is 20.3. The highest BCUT2D eigenvalue weighted by Gasteiger charge is 2.22. The molecule has 10 nitrogen and oxygen atoms in total. The summed E-state index contributed by atoms with van der Waals surface area (Å²) in [7, 11) is 0. The number of aryl methyl sites for hydroxylation is 1. The fraction of sp³-hybridized carbons (Fsp3) is 0.550. The van der Waals surface area contributed by atoms with Gasteiger partial charge in [-0.25, -0.2) is 9.67 Å². The molecule has 4 heterocycles. The van der Waals surface area contributed by atoms with Crippen LogP contribution in [0.15, 0.2) is 16.9 Å². The van der Waals surface area contributed by atoms with Gasteiger partial charge in [-0.05, 0) is 26.2 Å². The lowest BCUT2D eigenvalue weighted by Gasteiger charge is -2.25. The van der Waals surface area contributed by atoms with E-state index in [0.29, 0.717) is 18.1 Å². The van der Waals surface area contributed by atoms with Gasteiger partial charge in [-0.1, -0.05) is 12.1 Å². The van der Waals surface area contributed by atoms with Gasteiger partial charge < -0.3 is 19.9 Å². The van der Waals surface area contributed by atoms with Crippen molar-refractivity contribution in [3.05, 3.63) is 18.2 Å². The van der Waals surface area contributed by atoms with Crippen molar-refractivity contribution in [2.24, 2.45) is 0 Å². The van der Waals surface area contributed by atoms with Crippen molar-refractivity contribution < 1.29 is 14.1 Å². The number of fused-ring (bicyclic) bond motifs is 1. The highest BCUT2D eigenvalue weighted by molar-refractivity contribution is 5.96. The van der Waals surface area contributed by atoms with Crippen LogP contribution in [-0.4, -0.2) is 50.1 Å². The molecule has 10 heteroatoms. The summed E-state index contributed by atoms with van der Waals surface area (Å²) in [6.07, 6.45) is 6.67. The van der Waals surface area contributed by atoms with Gasteiger partial charge in [0, 0.05) is 38.4 Å². The highest BCUT2D eigenvalue weighted by atomic mass is 16.5. The van der Waals surface area contributed by atoms with Crippen LogP contribution in [0.4, 0.5) is 5.69 Å². The lowest BCUT2D eigenvalue weighted by atomic mass is 10.1. The molecule has 0 bridgehead atoms. The summed E-state index contributed by atoms with van der Waals surface area (Å²) >= 11 is 0. The molecule has 0 atom stereocenters. The fourth-order valence-electron chi connectivity index (χ4n) is 3.55. The molecule has 0 aromatic carbocycles. The van der Waals surface area contributed by atoms with Crippen LogP contribution >= 0.6 is 0 Å². The van der Waals surface area contributed by atoms with Crippen LogP contribution in [0.3, 0.4) is 0 Å². The summed E-state index contributed by atoms with van der Waals surface area (Å²) in [6.45, 7) is 6.42. The first-order chi connectivity index (χ1) is 14.7. The zero-order valence-corrected chi connectivity index (χ0v) is 17.3. The van der Waals surface area contributed by atoms with Crippen LogP contribution in [0, 0.1) is 0 Å². The van der Waals surface area contributed by atoms with Crippen molar-refractivity contribution in [2.75, 3.05) is 18.5 Å². The van der Waals surface area contributed by atoms with Gasteiger partial charge in [-0.3, -0.25) is 4.79 Å². The minimum Gasteiger partial charge on any atom is -0.381 e. The molecule has 160 valence electrons. The lowest BCUT2D eigenvalue weighted by Crippen LogP contribution is -2.28. The Kier molecular flexibility index (Phi) is 6.22. The van der Waals surface area contributed by atoms with E-state index in [-0.39, 0.29) is 18.5 Å². The second-order valence-corrected chi connectivity index (χ2v) is 7.32. The van der Waals surface area contributed by atoms with Crippen molar-refractivity contribution in [2.45, 2.75) is 58.7 Å². The molecular weight excluding hydrogens is 386 g/mol. The summed E-state index contributed by atoms with van der Waals surface area (Å²) in [5.74, 6) is 0.763. The molecule has 1 aliphatic rings. The molecule has 1 fully saturated rings. The van der Waals surface area contributed by atoms with Crippen molar-refractivity contribution >= 4 is 22.6 Å². The first-order valence-corrected chi connectivity index (χ1v) is 10.5. The first-order valence-electron chi connectivity index (χ1n) is 10.5. The SMILES string of the molecule is CCCC(=O)NCc1noc(-c2cnc3c(cnn3CC)c2NC2CCOCC2)n1. The molecule has 0 unspecified atom stereocenters. The molecule has 2 N–H and O–H groups in total. The third kappa shape index (κ3) is 4.28. The molecule has 1 aliphatic heterocycles. The number of carbonyl (C=O) groups excluding carboxylic acids is 1. The van der Waals surface area contributed by atoms with E-state index >= 15 is 0 Å². The van der Waals surface area contributed by atoms with Gasteiger partial charge in [0.1, 0.15) is 0 Å². The summed E-state index contributed by atoms with van der Waals surface area (Å²) in [5, 5.41) is 15.8. The van der Waals surface area contributed by atoms with Gasteiger partial charge in [-0.15, -0.1) is 0 Å². The zero-order chi connectivity index (χ0) is 20.9. The van der Waals surface area contributed by atoms with Crippen molar-refractivity contribution in [1.82, 2.24) is 30.2 Å². The van der Waals surface area contributed by atoms with Crippen molar-refractivity contribution in [3.63, 3.8) is 0 Å². The number of rotatable bonds is 8. The molecule has 30 heavy (non-hydrogen) atoms. The van der Waals surface area contributed by atoms with E-state index in [1.165, 1.54) is 0 Å². The van der Waals surface area contributed by atoms with Crippen molar-refractivity contribution in [1.29, 1.82) is 0 Å². The van der Waals surface area contributed by atoms with Crippen LogP contribution in [0.2, 0.25) is 0 Å². The van der Waals surface area contributed by atoms with E-state index in [1.807, 2.05) is 24.7 Å². The van der Waals surface area contributed by atoms with Crippen LogP contribution < -0.4 is 10.6 Å². The third-order valence-corrected chi connectivity index (χ3v) is 5.15. The number of ether oxygens (including phenoxy) is 1. The minimum absolute atomic E-state index is 0.0270. The number of anilines is 1. The Balaban J connectivity index is 1.64. The van der Waals surface area contributed by atoms with Gasteiger partial charge in [-0.2, -0.15) is 10.1 Å². The Hall–Kier alpha value is -3.01. The molecule has 1 amide bonds. The van der Waals surface area contributed by atoms with Crippen LogP contribution in [-0.2, 0) is 22.6 Å². The second kappa shape index (κ2) is 9.21. The molecule has 1 saturated heterocycles. The second-order valence-electron chi connectivity index (χ2n) is 7.32. The van der Waals surface area contributed by atoms with Gasteiger partial charge in [0.25, 0.3) is 5.89 Å². The van der Waals surface area contributed by atoms with Crippen LogP contribution in [0.5, 0.6) is 0 Å². The summed E-state index contributed by atoms with van der Waals surface area (Å²) in [5.41, 5.74) is 2.42. The maximum Gasteiger partial charge on any atom is 0.261 e. The fourth-order valence-corrected chi connectivity index (χ4v) is 3.55. The zero-order valence-electron chi connectivity index (χ0n) is 17.3. The number of nitrogens with one attached hydrogen (secondary N) is 2. The van der Waals surface area contributed by atoms with E-state index in [9.17, 15) is 4.79 Å². The molecule has 3 aromatic heterocycles. The Morgan fingerprint density at radius 2 is 2.10 bits per heavy atom. The maximum atomic E-state index is 11.7. The van der Waals surface area contributed by atoms with E-state index in [2.05, 4.69) is 30.9 Å². The number of pyridine rings is 1. The standard InChI is InChI=1S/C20H27N7O3/c1-3-5-17(28)21-12-16-25-20(30-26-16)15-10-22-19-14(11-23-27(19)4-2)18(15)24-13-6-8-29-9-7-13/h10-11,13H,3-9,12H2,1-2H3,(H,21,28)(H,22,24). The minimum atomic E-state index is -0.0270. The average Bonchev–Trinajstić information content (AvgIpc) is 3.40. The van der Waals surface area contributed by atoms with Gasteiger partial charge in [0.05, 0.1) is 29.4 Å². The maximum absolute atomic E-state index is 11.7. The van der Waals surface area contributed by atoms with Gasteiger partial charge in [0.15, 0.2) is 11.5 Å². The predicted molar refractivity (Wildman–Crippen MR) is 111 cm³/mol. The van der Waals surface area contributed by atoms with Crippen LogP contribution in [0.25, 0.3) is 22.5 Å². The molecule has 0 radical (unpaired) electrons. The monoisotopic (exact) mass is 413 g/mol. The molecule has 0 spiro atoms. The Morgan fingerprint density at radius 3 is 2.87 bits per heavy atom. The van der Waals surface area contributed by atoms with E-state index in [1.54, 1.807) is 6.20 Å². The highest BCUT2D eigenvalue weighted by Crippen LogP contribution is 2.34. The van der Waals surface area contributed by atoms with Crippen molar-refractivity contribution in [3.8, 4) is 11.5 Å². The van der Waals surface area contributed by atoms with Gasteiger partial charge >= 0.3 is 0 Å². The Morgan fingerprint density at radius 1 is 1.27 bits per heavy atom. The van der Waals surface area contributed by atoms with E-state index < -0.39 is 0 Å². The molecular formula is C20H27N7O3. The molecule has 0 aliphatic carbocycles. The smallest absolute Gasteiger partial charge is 0.261 e. The average molecular weight is 413 g/mol. The summed E-state index contributed by atoms with van der Waals surface area (Å²) < 4.78 is 12.9. The number of hydrogen-bond acceptors (Lipinski definition) is 8. The normalized spacial score (nSPS) is 14.9. The number of hydrogen-bond donors (Lipinski definition) is 2. The van der Waals surface area contributed by atoms with E-state index in [0.717, 1.165) is 61.3 Å². The largest absolute Gasteiger partial charge is 0.381 e. The van der Waals surface area contributed by atoms with Crippen LogP contribution in [0.1, 0.15) is 45.4 Å². The summed E-state index contributed by atoms with van der Waals surface area (Å²) in [6, 6.07) is 0.281. The number of carbonyl (C=O) groups is 1. The van der Waals surface area contributed by atoms with Gasteiger partial charge in [0.2, 0.25) is 5.91 Å². The Bertz CT molecular complexity index is 1010. The number of nitrogens with zero attached hydrogens (tertiary/aromatic N) is 5. The molecule has 3 aromatic rings. The lowest BCUT2D eigenvalue weighted by molar-refractivity contribution is -0.121. The molecule has 0 saturated carbocycles. The number of aromatic nitrogens is 5. The summed E-state index contributed by atoms with van der Waals surface area (Å²) in [4.78, 5) is 20.8. The Labute approximate surface area is 174 Å².